The highest BCUT2D eigenvalue weighted by Crippen LogP contribution is 2.34. The molecule has 0 atom stereocenters. The second kappa shape index (κ2) is 4.62. The number of hydrogen-bond acceptors (Lipinski definition) is 4. The van der Waals surface area contributed by atoms with Crippen molar-refractivity contribution >= 4 is 5.78 Å². The molecule has 0 spiro atoms. The minimum absolute atomic E-state index is 0.0483. The smallest absolute Gasteiger partial charge is 0.171 e. The number of rotatable bonds is 1. The Bertz CT molecular complexity index is 741. The third-order valence-electron chi connectivity index (χ3n) is 3.92. The largest absolute Gasteiger partial charge is 0.505 e. The summed E-state index contributed by atoms with van der Waals surface area (Å²) in [5.74, 6) is -0.716. The van der Waals surface area contributed by atoms with Crippen LogP contribution in [0.3, 0.4) is 0 Å². The number of Topliss-reactive ketones (excluding diaryl/α,β-unsaturated/α-hetero) is 1. The number of halogens is 1. The first kappa shape index (κ1) is 13.7. The predicted octanol–water partition coefficient (Wildman–Crippen LogP) is 3.14. The fourth-order valence-electron chi connectivity index (χ4n) is 2.49. The molecule has 0 amide bonds. The van der Waals surface area contributed by atoms with Gasteiger partial charge in [0.2, 0.25) is 0 Å². The fourth-order valence-corrected chi connectivity index (χ4v) is 2.49. The van der Waals surface area contributed by atoms with Gasteiger partial charge in [-0.3, -0.25) is 4.79 Å². The zero-order chi connectivity index (χ0) is 15.2. The highest BCUT2D eigenvalue weighted by atomic mass is 19.1. The van der Waals surface area contributed by atoms with Gasteiger partial charge in [-0.25, -0.2) is 14.4 Å². The molecule has 0 saturated carbocycles. The van der Waals surface area contributed by atoms with Crippen molar-refractivity contribution in [3.8, 4) is 17.1 Å². The Hall–Kier alpha value is -2.30. The number of nitrogens with zero attached hydrogens (tertiary/aromatic N) is 2. The van der Waals surface area contributed by atoms with Crippen LogP contribution >= 0.6 is 0 Å². The zero-order valence-electron chi connectivity index (χ0n) is 11.9. The van der Waals surface area contributed by atoms with E-state index in [0.29, 0.717) is 29.1 Å². The molecule has 3 rings (SSSR count). The molecule has 1 aromatic carbocycles. The number of phenolic OH excluding ortho intramolecular Hbond substituents is 1. The number of carbonyl (C=O) groups is 1. The van der Waals surface area contributed by atoms with Crippen LogP contribution in [0.4, 0.5) is 4.39 Å². The summed E-state index contributed by atoms with van der Waals surface area (Å²) < 4.78 is 13.4. The molecule has 0 aliphatic heterocycles. The summed E-state index contributed by atoms with van der Waals surface area (Å²) in [6, 6.07) is 4.00. The predicted molar refractivity (Wildman–Crippen MR) is 75.5 cm³/mol. The number of phenols is 1. The molecule has 1 aliphatic carbocycles. The molecule has 1 aliphatic rings. The summed E-state index contributed by atoms with van der Waals surface area (Å²) in [7, 11) is 0. The minimum Gasteiger partial charge on any atom is -0.505 e. The fraction of sp³-hybridized carbons (Fsp3) is 0.312. The van der Waals surface area contributed by atoms with Crippen molar-refractivity contribution in [3.05, 3.63) is 41.5 Å². The summed E-state index contributed by atoms with van der Waals surface area (Å²) in [5.41, 5.74) is 1.35. The van der Waals surface area contributed by atoms with E-state index in [1.54, 1.807) is 6.07 Å². The molecule has 1 heterocycles. The maximum absolute atomic E-state index is 13.4. The average molecular weight is 286 g/mol. The van der Waals surface area contributed by atoms with E-state index >= 15 is 0 Å². The lowest BCUT2D eigenvalue weighted by Gasteiger charge is -2.28. The van der Waals surface area contributed by atoms with Crippen LogP contribution in [0.15, 0.2) is 24.4 Å². The Labute approximate surface area is 121 Å². The maximum Gasteiger partial charge on any atom is 0.171 e. The molecule has 4 nitrogen and oxygen atoms in total. The van der Waals surface area contributed by atoms with Gasteiger partial charge in [-0.15, -0.1) is 0 Å². The van der Waals surface area contributed by atoms with E-state index in [-0.39, 0.29) is 11.2 Å². The summed E-state index contributed by atoms with van der Waals surface area (Å²) in [6.07, 6.45) is 2.95. The molecule has 0 fully saturated rings. The van der Waals surface area contributed by atoms with Crippen LogP contribution in [0, 0.1) is 11.2 Å². The summed E-state index contributed by atoms with van der Waals surface area (Å²) in [4.78, 5) is 20.9. The second-order valence-electron chi connectivity index (χ2n) is 5.93. The minimum atomic E-state index is -0.717. The Balaban J connectivity index is 2.04. The van der Waals surface area contributed by atoms with E-state index in [4.69, 9.17) is 0 Å². The van der Waals surface area contributed by atoms with Gasteiger partial charge in [0.15, 0.2) is 23.2 Å². The Morgan fingerprint density at radius 2 is 2.10 bits per heavy atom. The van der Waals surface area contributed by atoms with E-state index in [9.17, 15) is 14.3 Å². The average Bonchev–Trinajstić information content (AvgIpc) is 2.46. The number of ketones is 1. The first-order valence-corrected chi connectivity index (χ1v) is 6.78. The first-order valence-electron chi connectivity index (χ1n) is 6.78. The number of benzene rings is 1. The number of hydrogen-bond donors (Lipinski definition) is 1. The molecule has 0 bridgehead atoms. The monoisotopic (exact) mass is 286 g/mol. The van der Waals surface area contributed by atoms with Crippen molar-refractivity contribution in [1.82, 2.24) is 9.97 Å². The van der Waals surface area contributed by atoms with Crippen LogP contribution in [0.1, 0.15) is 36.3 Å². The number of aromatic hydroxyl groups is 1. The molecular weight excluding hydrogens is 271 g/mol. The Kier molecular flexibility index (Phi) is 3.01. The van der Waals surface area contributed by atoms with Crippen molar-refractivity contribution in [2.24, 2.45) is 5.41 Å². The molecular formula is C16H15FN2O2. The van der Waals surface area contributed by atoms with Gasteiger partial charge in [0.05, 0.1) is 11.3 Å². The van der Waals surface area contributed by atoms with Crippen LogP contribution in [0.2, 0.25) is 0 Å². The van der Waals surface area contributed by atoms with E-state index in [0.717, 1.165) is 6.42 Å². The molecule has 1 N–H and O–H groups in total. The number of aromatic nitrogens is 2. The maximum atomic E-state index is 13.4. The molecule has 5 heteroatoms. The SMILES string of the molecule is CC1(C)CCc2nc(-c3ccc(O)c(F)c3)ncc2C1=O. The van der Waals surface area contributed by atoms with Gasteiger partial charge in [-0.2, -0.15) is 0 Å². The van der Waals surface area contributed by atoms with Gasteiger partial charge in [0.25, 0.3) is 0 Å². The normalized spacial score (nSPS) is 16.6. The van der Waals surface area contributed by atoms with Crippen LogP contribution < -0.4 is 0 Å². The number of carbonyl (C=O) groups excluding carboxylic acids is 1. The highest BCUT2D eigenvalue weighted by Gasteiger charge is 2.35. The lowest BCUT2D eigenvalue weighted by Crippen LogP contribution is -2.31. The summed E-state index contributed by atoms with van der Waals surface area (Å²) in [6.45, 7) is 3.84. The van der Waals surface area contributed by atoms with Gasteiger partial charge in [-0.05, 0) is 31.0 Å². The third-order valence-corrected chi connectivity index (χ3v) is 3.92. The lowest BCUT2D eigenvalue weighted by molar-refractivity contribution is 0.0809. The molecule has 0 radical (unpaired) electrons. The van der Waals surface area contributed by atoms with E-state index < -0.39 is 11.6 Å². The quantitative estimate of drug-likeness (QED) is 0.874. The third kappa shape index (κ3) is 2.28. The zero-order valence-corrected chi connectivity index (χ0v) is 11.9. The topological polar surface area (TPSA) is 63.1 Å². The van der Waals surface area contributed by atoms with Crippen LogP contribution in [0.25, 0.3) is 11.4 Å². The first-order chi connectivity index (χ1) is 9.88. The molecule has 0 unspecified atom stereocenters. The van der Waals surface area contributed by atoms with E-state index in [1.807, 2.05) is 13.8 Å². The van der Waals surface area contributed by atoms with E-state index in [1.165, 1.54) is 18.3 Å². The van der Waals surface area contributed by atoms with Gasteiger partial charge < -0.3 is 5.11 Å². The standard InChI is InChI=1S/C16H15FN2O2/c1-16(2)6-5-12-10(14(16)21)8-18-15(19-12)9-3-4-13(20)11(17)7-9/h3-4,7-8,20H,5-6H2,1-2H3. The highest BCUT2D eigenvalue weighted by molar-refractivity contribution is 6.01. The van der Waals surface area contributed by atoms with Crippen LogP contribution in [0.5, 0.6) is 5.75 Å². The van der Waals surface area contributed by atoms with Crippen molar-refractivity contribution in [1.29, 1.82) is 0 Å². The van der Waals surface area contributed by atoms with Gasteiger partial charge in [0.1, 0.15) is 0 Å². The molecule has 1 aromatic heterocycles. The Morgan fingerprint density at radius 3 is 2.81 bits per heavy atom. The van der Waals surface area contributed by atoms with Gasteiger partial charge in [-0.1, -0.05) is 13.8 Å². The molecule has 21 heavy (non-hydrogen) atoms. The number of aryl methyl sites for hydroxylation is 1. The lowest BCUT2D eigenvalue weighted by atomic mass is 9.75. The summed E-state index contributed by atoms with van der Waals surface area (Å²) in [5, 5.41) is 9.21. The summed E-state index contributed by atoms with van der Waals surface area (Å²) >= 11 is 0. The number of fused-ring (bicyclic) bond motifs is 1. The van der Waals surface area contributed by atoms with Crippen molar-refractivity contribution in [2.75, 3.05) is 0 Å². The van der Waals surface area contributed by atoms with Crippen molar-refractivity contribution < 1.29 is 14.3 Å². The van der Waals surface area contributed by atoms with Gasteiger partial charge in [0, 0.05) is 17.2 Å². The van der Waals surface area contributed by atoms with Gasteiger partial charge >= 0.3 is 0 Å². The van der Waals surface area contributed by atoms with Crippen molar-refractivity contribution in [3.63, 3.8) is 0 Å². The Morgan fingerprint density at radius 1 is 1.33 bits per heavy atom. The van der Waals surface area contributed by atoms with Crippen molar-refractivity contribution in [2.45, 2.75) is 26.7 Å². The molecule has 0 saturated heterocycles. The van der Waals surface area contributed by atoms with Crippen LogP contribution in [-0.4, -0.2) is 20.9 Å². The van der Waals surface area contributed by atoms with E-state index in [2.05, 4.69) is 9.97 Å². The second-order valence-corrected chi connectivity index (χ2v) is 5.93. The molecule has 108 valence electrons. The molecule has 2 aromatic rings. The van der Waals surface area contributed by atoms with Crippen LogP contribution in [-0.2, 0) is 6.42 Å².